The van der Waals surface area contributed by atoms with Crippen molar-refractivity contribution in [3.63, 3.8) is 0 Å². The predicted molar refractivity (Wildman–Crippen MR) is 130 cm³/mol. The Hall–Kier alpha value is -3.43. The van der Waals surface area contributed by atoms with Crippen LogP contribution in [0, 0.1) is 0 Å². The van der Waals surface area contributed by atoms with Gasteiger partial charge >= 0.3 is 6.09 Å². The van der Waals surface area contributed by atoms with Crippen molar-refractivity contribution in [1.82, 2.24) is 10.3 Å². The van der Waals surface area contributed by atoms with Gasteiger partial charge in [-0.25, -0.2) is 10.2 Å². The second-order valence-electron chi connectivity index (χ2n) is 10.0. The third kappa shape index (κ3) is 4.76. The first-order valence-corrected chi connectivity index (χ1v) is 11.5. The van der Waals surface area contributed by atoms with E-state index in [0.717, 1.165) is 16.9 Å². The van der Waals surface area contributed by atoms with Gasteiger partial charge in [0.1, 0.15) is 24.0 Å². The van der Waals surface area contributed by atoms with Gasteiger partial charge in [-0.1, -0.05) is 0 Å². The fourth-order valence-electron chi connectivity index (χ4n) is 4.21. The van der Waals surface area contributed by atoms with Crippen LogP contribution < -0.4 is 20.4 Å². The average Bonchev–Trinajstić information content (AvgIpc) is 2.73. The summed E-state index contributed by atoms with van der Waals surface area (Å²) in [4.78, 5) is 28.3. The molecule has 0 bridgehead atoms. The number of ether oxygens (including phenoxy) is 3. The topological polar surface area (TPSA) is 105 Å². The molecule has 2 amide bonds. The Labute approximate surface area is 199 Å². The molecule has 3 aliphatic heterocycles. The van der Waals surface area contributed by atoms with Crippen molar-refractivity contribution < 1.29 is 23.8 Å². The smallest absolute Gasteiger partial charge is 0.410 e. The van der Waals surface area contributed by atoms with E-state index in [-0.39, 0.29) is 24.1 Å². The van der Waals surface area contributed by atoms with E-state index in [9.17, 15) is 9.59 Å². The molecule has 184 valence electrons. The van der Waals surface area contributed by atoms with Gasteiger partial charge in [0, 0.05) is 24.3 Å². The van der Waals surface area contributed by atoms with Crippen LogP contribution in [-0.4, -0.2) is 66.2 Å². The van der Waals surface area contributed by atoms with E-state index in [1.54, 1.807) is 11.2 Å². The van der Waals surface area contributed by atoms with E-state index in [2.05, 4.69) is 22.8 Å². The molecule has 0 spiro atoms. The van der Waals surface area contributed by atoms with Crippen molar-refractivity contribution in [2.75, 3.05) is 36.5 Å². The molecule has 4 rings (SSSR count). The third-order valence-corrected chi connectivity index (χ3v) is 5.77. The van der Waals surface area contributed by atoms with E-state index in [4.69, 9.17) is 14.2 Å². The summed E-state index contributed by atoms with van der Waals surface area (Å²) in [7, 11) is 0. The highest BCUT2D eigenvalue weighted by molar-refractivity contribution is 6.09. The molecule has 3 aliphatic rings. The molecular formula is C24H33N5O5. The second-order valence-corrected chi connectivity index (χ2v) is 10.0. The van der Waals surface area contributed by atoms with Crippen molar-refractivity contribution in [3.05, 3.63) is 24.0 Å². The number of anilines is 2. The molecule has 0 aromatic heterocycles. The van der Waals surface area contributed by atoms with Crippen LogP contribution in [0.25, 0.3) is 6.08 Å². The lowest BCUT2D eigenvalue weighted by atomic mass is 9.91. The minimum atomic E-state index is -0.539. The van der Waals surface area contributed by atoms with Crippen LogP contribution in [-0.2, 0) is 14.3 Å². The highest BCUT2D eigenvalue weighted by Gasteiger charge is 2.44. The maximum Gasteiger partial charge on any atom is 0.410 e. The van der Waals surface area contributed by atoms with Gasteiger partial charge < -0.3 is 29.3 Å². The number of carbonyl (C=O) groups excluding carboxylic acids is 2. The Morgan fingerprint density at radius 1 is 1.38 bits per heavy atom. The number of benzene rings is 1. The highest BCUT2D eigenvalue weighted by Crippen LogP contribution is 2.41. The fraction of sp³-hybridized carbons (Fsp3) is 0.542. The number of hydrazone groups is 1. The first-order valence-electron chi connectivity index (χ1n) is 11.5. The Bertz CT molecular complexity index is 1040. The van der Waals surface area contributed by atoms with Crippen LogP contribution in [0.1, 0.15) is 47.1 Å². The van der Waals surface area contributed by atoms with E-state index in [1.165, 1.54) is 0 Å². The van der Waals surface area contributed by atoms with Gasteiger partial charge in [-0.2, -0.15) is 5.10 Å². The Morgan fingerprint density at radius 2 is 2.12 bits per heavy atom. The molecule has 34 heavy (non-hydrogen) atoms. The second kappa shape index (κ2) is 8.73. The van der Waals surface area contributed by atoms with Gasteiger partial charge in [0.15, 0.2) is 5.84 Å². The molecule has 10 heteroatoms. The molecule has 1 fully saturated rings. The summed E-state index contributed by atoms with van der Waals surface area (Å²) in [5.41, 5.74) is 4.13. The number of hydrogen-bond acceptors (Lipinski definition) is 8. The standard InChI is InChI=1S/C24H33N5O5/c1-7-32-9-8-16-10-19-18(29-15(2)21(30)27-26-20(29)12-33-19)11-17(16)25-24(6)13-28(14-24)22(31)34-23(3,4)5/h8-11,15,25H,7,12-14H2,1-6H3,(H,27,30). The maximum atomic E-state index is 12.4. The minimum Gasteiger partial charge on any atom is -0.501 e. The fourth-order valence-corrected chi connectivity index (χ4v) is 4.21. The zero-order valence-corrected chi connectivity index (χ0v) is 20.6. The molecule has 1 unspecified atom stereocenters. The summed E-state index contributed by atoms with van der Waals surface area (Å²) >= 11 is 0. The number of hydrogen-bond donors (Lipinski definition) is 2. The van der Waals surface area contributed by atoms with Crippen LogP contribution in [0.5, 0.6) is 5.75 Å². The van der Waals surface area contributed by atoms with Crippen LogP contribution >= 0.6 is 0 Å². The largest absolute Gasteiger partial charge is 0.501 e. The summed E-state index contributed by atoms with van der Waals surface area (Å²) in [6.07, 6.45) is 3.20. The van der Waals surface area contributed by atoms with Crippen molar-refractivity contribution in [3.8, 4) is 5.75 Å². The van der Waals surface area contributed by atoms with Gasteiger partial charge in [0.2, 0.25) is 0 Å². The zero-order chi connectivity index (χ0) is 24.7. The molecule has 3 heterocycles. The van der Waals surface area contributed by atoms with Gasteiger partial charge in [-0.15, -0.1) is 0 Å². The van der Waals surface area contributed by atoms with E-state index < -0.39 is 11.6 Å². The molecule has 0 saturated carbocycles. The number of nitrogens with zero attached hydrogens (tertiary/aromatic N) is 3. The molecule has 1 atom stereocenters. The molecule has 1 aromatic carbocycles. The summed E-state index contributed by atoms with van der Waals surface area (Å²) in [6.45, 7) is 13.2. The molecule has 1 saturated heterocycles. The Kier molecular flexibility index (Phi) is 6.09. The molecule has 2 N–H and O–H groups in total. The number of rotatable bonds is 5. The lowest BCUT2D eigenvalue weighted by Crippen LogP contribution is -2.66. The zero-order valence-electron chi connectivity index (χ0n) is 20.6. The molecule has 0 aliphatic carbocycles. The molecule has 0 radical (unpaired) electrons. The Morgan fingerprint density at radius 3 is 2.79 bits per heavy atom. The number of carbonyl (C=O) groups is 2. The van der Waals surface area contributed by atoms with Crippen LogP contribution in [0.2, 0.25) is 0 Å². The van der Waals surface area contributed by atoms with Crippen molar-refractivity contribution >= 4 is 35.3 Å². The Balaban J connectivity index is 1.61. The van der Waals surface area contributed by atoms with Gasteiger partial charge in [0.05, 0.1) is 24.1 Å². The SMILES string of the molecule is CCOC=Cc1cc2c(cc1NC1(C)CN(C(=O)OC(C)(C)C)C1)N1C(=NNC(=O)C1C)CO2. The quantitative estimate of drug-likeness (QED) is 0.636. The summed E-state index contributed by atoms with van der Waals surface area (Å²) in [6, 6.07) is 3.47. The third-order valence-electron chi connectivity index (χ3n) is 5.77. The van der Waals surface area contributed by atoms with Gasteiger partial charge in [-0.3, -0.25) is 4.79 Å². The van der Waals surface area contributed by atoms with Crippen molar-refractivity contribution in [1.29, 1.82) is 0 Å². The lowest BCUT2D eigenvalue weighted by molar-refractivity contribution is -0.122. The lowest BCUT2D eigenvalue weighted by Gasteiger charge is -2.49. The number of amides is 2. The molecule has 1 aromatic rings. The maximum absolute atomic E-state index is 12.4. The summed E-state index contributed by atoms with van der Waals surface area (Å²) < 4.78 is 16.9. The molecule has 10 nitrogen and oxygen atoms in total. The summed E-state index contributed by atoms with van der Waals surface area (Å²) in [5, 5.41) is 7.75. The van der Waals surface area contributed by atoms with Crippen LogP contribution in [0.4, 0.5) is 16.2 Å². The van der Waals surface area contributed by atoms with Gasteiger partial charge in [-0.05, 0) is 59.8 Å². The van der Waals surface area contributed by atoms with Crippen molar-refractivity contribution in [2.24, 2.45) is 5.10 Å². The number of amidine groups is 1. The first kappa shape index (κ1) is 23.7. The van der Waals surface area contributed by atoms with Crippen LogP contribution in [0.3, 0.4) is 0 Å². The normalized spacial score (nSPS) is 20.9. The number of nitrogens with one attached hydrogen (secondary N) is 2. The van der Waals surface area contributed by atoms with E-state index in [1.807, 2.05) is 57.7 Å². The van der Waals surface area contributed by atoms with E-state index in [0.29, 0.717) is 31.3 Å². The average molecular weight is 472 g/mol. The molecular weight excluding hydrogens is 438 g/mol. The van der Waals surface area contributed by atoms with E-state index >= 15 is 0 Å². The van der Waals surface area contributed by atoms with Crippen LogP contribution in [0.15, 0.2) is 23.5 Å². The number of fused-ring (bicyclic) bond motifs is 3. The monoisotopic (exact) mass is 471 g/mol. The first-order chi connectivity index (χ1) is 16.0. The van der Waals surface area contributed by atoms with Crippen molar-refractivity contribution in [2.45, 2.75) is 58.7 Å². The predicted octanol–water partition coefficient (Wildman–Crippen LogP) is 3.15. The van der Waals surface area contributed by atoms with Gasteiger partial charge in [0.25, 0.3) is 5.91 Å². The minimum absolute atomic E-state index is 0.176. The number of likely N-dealkylation sites (tertiary alicyclic amines) is 1. The summed E-state index contributed by atoms with van der Waals surface area (Å²) in [5.74, 6) is 1.14. The highest BCUT2D eigenvalue weighted by atomic mass is 16.6.